The van der Waals surface area contributed by atoms with Crippen molar-refractivity contribution in [3.8, 4) is 11.3 Å². The number of nitrogens with one attached hydrogen (secondary N) is 2. The minimum absolute atomic E-state index is 0.375. The molecule has 2 aromatic carbocycles. The molecule has 3 rings (SSSR count). The van der Waals surface area contributed by atoms with E-state index in [1.165, 1.54) is 18.9 Å². The fourth-order valence-electron chi connectivity index (χ4n) is 2.42. The molecule has 142 valence electrons. The molecule has 28 heavy (non-hydrogen) atoms. The molecule has 0 aliphatic rings. The van der Waals surface area contributed by atoms with E-state index in [9.17, 15) is 4.79 Å². The van der Waals surface area contributed by atoms with E-state index in [1.54, 1.807) is 30.3 Å². The first-order chi connectivity index (χ1) is 13.5. The molecular formula is C21H19N3O3S. The molecule has 0 unspecified atom stereocenters. The zero-order valence-corrected chi connectivity index (χ0v) is 16.2. The second-order valence-corrected chi connectivity index (χ2v) is 6.37. The Morgan fingerprint density at radius 3 is 2.46 bits per heavy atom. The lowest BCUT2D eigenvalue weighted by atomic mass is 10.1. The number of carbonyl (C=O) groups is 1. The molecule has 0 fully saturated rings. The zero-order valence-electron chi connectivity index (χ0n) is 15.4. The Morgan fingerprint density at radius 2 is 1.79 bits per heavy atom. The van der Waals surface area contributed by atoms with Crippen LogP contribution in [-0.4, -0.2) is 24.4 Å². The van der Waals surface area contributed by atoms with Gasteiger partial charge in [0, 0.05) is 11.3 Å². The van der Waals surface area contributed by atoms with Crippen molar-refractivity contribution < 1.29 is 13.9 Å². The van der Waals surface area contributed by atoms with E-state index in [0.717, 1.165) is 11.3 Å². The number of rotatable bonds is 5. The first-order valence-electron chi connectivity index (χ1n) is 8.50. The van der Waals surface area contributed by atoms with E-state index in [2.05, 4.69) is 20.6 Å². The second-order valence-electron chi connectivity index (χ2n) is 5.96. The third-order valence-electron chi connectivity index (χ3n) is 3.88. The summed E-state index contributed by atoms with van der Waals surface area (Å²) in [5.74, 6) is 0.857. The van der Waals surface area contributed by atoms with Crippen molar-refractivity contribution in [2.24, 2.45) is 5.10 Å². The highest BCUT2D eigenvalue weighted by Crippen LogP contribution is 2.22. The predicted molar refractivity (Wildman–Crippen MR) is 114 cm³/mol. The van der Waals surface area contributed by atoms with Crippen molar-refractivity contribution in [3.05, 3.63) is 77.6 Å². The number of nitrogens with zero attached hydrogens (tertiary/aromatic N) is 1. The highest BCUT2D eigenvalue weighted by atomic mass is 32.1. The van der Waals surface area contributed by atoms with Crippen LogP contribution in [0.25, 0.3) is 11.3 Å². The molecule has 0 aliphatic heterocycles. The van der Waals surface area contributed by atoms with Crippen molar-refractivity contribution in [1.29, 1.82) is 0 Å². The van der Waals surface area contributed by atoms with E-state index >= 15 is 0 Å². The molecule has 0 amide bonds. The smallest absolute Gasteiger partial charge is 0.337 e. The van der Waals surface area contributed by atoms with Gasteiger partial charge in [0.25, 0.3) is 0 Å². The molecule has 1 aromatic heterocycles. The number of methoxy groups -OCH3 is 1. The summed E-state index contributed by atoms with van der Waals surface area (Å²) in [5.41, 5.74) is 6.14. The van der Waals surface area contributed by atoms with Gasteiger partial charge in [-0.2, -0.15) is 5.10 Å². The Balaban J connectivity index is 1.57. The number of esters is 1. The Hall–Kier alpha value is -3.45. The van der Waals surface area contributed by atoms with E-state index in [0.29, 0.717) is 22.2 Å². The summed E-state index contributed by atoms with van der Waals surface area (Å²) in [4.78, 5) is 11.5. The maximum atomic E-state index is 11.5. The van der Waals surface area contributed by atoms with E-state index in [1.807, 2.05) is 37.3 Å². The number of hydrogen-bond donors (Lipinski definition) is 2. The summed E-state index contributed by atoms with van der Waals surface area (Å²) >= 11 is 5.20. The van der Waals surface area contributed by atoms with Gasteiger partial charge in [0.2, 0.25) is 0 Å². The highest BCUT2D eigenvalue weighted by Gasteiger charge is 2.07. The Bertz CT molecular complexity index is 992. The summed E-state index contributed by atoms with van der Waals surface area (Å²) in [6, 6.07) is 18.5. The lowest BCUT2D eigenvalue weighted by Crippen LogP contribution is -2.23. The van der Waals surface area contributed by atoms with Gasteiger partial charge in [-0.15, -0.1) is 0 Å². The van der Waals surface area contributed by atoms with Crippen molar-refractivity contribution in [3.63, 3.8) is 0 Å². The average Bonchev–Trinajstić information content (AvgIpc) is 3.18. The second kappa shape index (κ2) is 8.96. The molecule has 2 N–H and O–H groups in total. The summed E-state index contributed by atoms with van der Waals surface area (Å²) in [7, 11) is 1.35. The lowest BCUT2D eigenvalue weighted by Gasteiger charge is -2.06. The van der Waals surface area contributed by atoms with Gasteiger partial charge in [0.05, 0.1) is 18.9 Å². The highest BCUT2D eigenvalue weighted by molar-refractivity contribution is 7.80. The largest absolute Gasteiger partial charge is 0.465 e. The van der Waals surface area contributed by atoms with Crippen molar-refractivity contribution >= 4 is 35.2 Å². The van der Waals surface area contributed by atoms with Crippen LogP contribution in [0, 0.1) is 6.92 Å². The topological polar surface area (TPSA) is 75.9 Å². The van der Waals surface area contributed by atoms with Gasteiger partial charge in [0.1, 0.15) is 11.5 Å². The molecule has 0 aliphatic carbocycles. The molecule has 7 heteroatoms. The van der Waals surface area contributed by atoms with Crippen molar-refractivity contribution in [2.45, 2.75) is 6.92 Å². The standard InChI is InChI=1S/C21H19N3O3S/c1-14-3-9-17(10-4-14)23-21(28)24-22-13-18-11-12-19(27-18)15-5-7-16(8-6-15)20(25)26-2/h3-13H,1-2H3,(H2,23,24,28). The van der Waals surface area contributed by atoms with Crippen LogP contribution in [0.15, 0.2) is 70.2 Å². The van der Waals surface area contributed by atoms with Crippen LogP contribution >= 0.6 is 12.2 Å². The van der Waals surface area contributed by atoms with Crippen LogP contribution in [0.5, 0.6) is 0 Å². The molecule has 0 saturated heterocycles. The van der Waals surface area contributed by atoms with Crippen molar-refractivity contribution in [1.82, 2.24) is 5.43 Å². The maximum absolute atomic E-state index is 11.5. The van der Waals surface area contributed by atoms with E-state index < -0.39 is 0 Å². The van der Waals surface area contributed by atoms with Gasteiger partial charge in [-0.05, 0) is 55.5 Å². The van der Waals surface area contributed by atoms with Crippen LogP contribution in [0.1, 0.15) is 21.7 Å². The Morgan fingerprint density at radius 1 is 1.07 bits per heavy atom. The van der Waals surface area contributed by atoms with Gasteiger partial charge in [-0.1, -0.05) is 29.8 Å². The molecule has 3 aromatic rings. The molecule has 6 nitrogen and oxygen atoms in total. The van der Waals surface area contributed by atoms with Crippen LogP contribution in [0.2, 0.25) is 0 Å². The van der Waals surface area contributed by atoms with Gasteiger partial charge >= 0.3 is 5.97 Å². The summed E-state index contributed by atoms with van der Waals surface area (Å²) in [6.07, 6.45) is 1.54. The molecule has 0 saturated carbocycles. The summed E-state index contributed by atoms with van der Waals surface area (Å²) in [6.45, 7) is 2.02. The number of hydrazone groups is 1. The molecule has 1 heterocycles. The average molecular weight is 393 g/mol. The maximum Gasteiger partial charge on any atom is 0.337 e. The third kappa shape index (κ3) is 5.05. The number of hydrogen-bond acceptors (Lipinski definition) is 5. The third-order valence-corrected chi connectivity index (χ3v) is 4.08. The van der Waals surface area contributed by atoms with Gasteiger partial charge in [-0.3, -0.25) is 5.43 Å². The molecule has 0 radical (unpaired) electrons. The fraction of sp³-hybridized carbons (Fsp3) is 0.0952. The first kappa shape index (κ1) is 19.3. The summed E-state index contributed by atoms with van der Waals surface area (Å²) in [5, 5.41) is 7.50. The monoisotopic (exact) mass is 393 g/mol. The number of ether oxygens (including phenoxy) is 1. The van der Waals surface area contributed by atoms with E-state index in [4.69, 9.17) is 16.6 Å². The molecule has 0 atom stereocenters. The van der Waals surface area contributed by atoms with Crippen molar-refractivity contribution in [2.75, 3.05) is 12.4 Å². The van der Waals surface area contributed by atoms with Crippen LogP contribution in [-0.2, 0) is 4.74 Å². The van der Waals surface area contributed by atoms with Crippen LogP contribution < -0.4 is 10.7 Å². The first-order valence-corrected chi connectivity index (χ1v) is 8.91. The van der Waals surface area contributed by atoms with Gasteiger partial charge in [0.15, 0.2) is 5.11 Å². The summed E-state index contributed by atoms with van der Waals surface area (Å²) < 4.78 is 10.4. The minimum atomic E-state index is -0.375. The number of carbonyl (C=O) groups excluding carboxylic acids is 1. The quantitative estimate of drug-likeness (QED) is 0.290. The zero-order chi connectivity index (χ0) is 19.9. The predicted octanol–water partition coefficient (Wildman–Crippen LogP) is 4.36. The number of anilines is 1. The number of thiocarbonyl (C=S) groups is 1. The Labute approximate surface area is 168 Å². The van der Waals surface area contributed by atoms with E-state index in [-0.39, 0.29) is 5.97 Å². The van der Waals surface area contributed by atoms with Gasteiger partial charge < -0.3 is 14.5 Å². The molecule has 0 spiro atoms. The molecule has 0 bridgehead atoms. The SMILES string of the molecule is COC(=O)c1ccc(-c2ccc(C=NNC(=S)Nc3ccc(C)cc3)o2)cc1. The normalized spacial score (nSPS) is 10.6. The molecular weight excluding hydrogens is 374 g/mol. The number of aryl methyl sites for hydroxylation is 1. The lowest BCUT2D eigenvalue weighted by molar-refractivity contribution is 0.0600. The number of benzene rings is 2. The van der Waals surface area contributed by atoms with Crippen LogP contribution in [0.4, 0.5) is 5.69 Å². The fourth-order valence-corrected chi connectivity index (χ4v) is 2.59. The Kier molecular flexibility index (Phi) is 6.18. The van der Waals surface area contributed by atoms with Crippen LogP contribution in [0.3, 0.4) is 0 Å². The van der Waals surface area contributed by atoms with Gasteiger partial charge in [-0.25, -0.2) is 4.79 Å². The number of furan rings is 1. The minimum Gasteiger partial charge on any atom is -0.465 e.